The van der Waals surface area contributed by atoms with Crippen molar-refractivity contribution in [3.05, 3.63) is 75.1 Å². The number of ether oxygens (including phenoxy) is 1. The highest BCUT2D eigenvalue weighted by Gasteiger charge is 2.33. The number of nitrogens with one attached hydrogen (secondary N) is 1. The summed E-state index contributed by atoms with van der Waals surface area (Å²) >= 11 is 0. The predicted octanol–water partition coefficient (Wildman–Crippen LogP) is 2.09. The fourth-order valence-corrected chi connectivity index (χ4v) is 6.89. The molecule has 2 aromatic rings. The van der Waals surface area contributed by atoms with E-state index in [9.17, 15) is 28.1 Å². The van der Waals surface area contributed by atoms with Crippen molar-refractivity contribution >= 4 is 33.0 Å². The number of Topliss-reactive ketones (excluding diaryl/α,β-unsaturated/α-hetero) is 2. The molecule has 0 saturated carbocycles. The topological polar surface area (TPSA) is 167 Å². The van der Waals surface area contributed by atoms with Gasteiger partial charge in [-0.1, -0.05) is 24.3 Å². The summed E-state index contributed by atoms with van der Waals surface area (Å²) in [5.74, 6) is -0.642. The molecular formula is C28H33N7O7S. The van der Waals surface area contributed by atoms with E-state index in [0.717, 1.165) is 6.07 Å². The highest BCUT2D eigenvalue weighted by Crippen LogP contribution is 2.33. The molecule has 0 radical (unpaired) electrons. The van der Waals surface area contributed by atoms with Gasteiger partial charge in [-0.3, -0.25) is 24.6 Å². The quantitative estimate of drug-likeness (QED) is 0.182. The van der Waals surface area contributed by atoms with Gasteiger partial charge in [-0.2, -0.15) is 9.42 Å². The van der Waals surface area contributed by atoms with Crippen LogP contribution < -0.4 is 10.2 Å². The molecule has 0 aromatic heterocycles. The molecule has 2 heterocycles. The summed E-state index contributed by atoms with van der Waals surface area (Å²) in [4.78, 5) is 41.4. The van der Waals surface area contributed by atoms with Crippen LogP contribution in [0, 0.1) is 10.1 Å². The normalized spacial score (nSPS) is 18.8. The van der Waals surface area contributed by atoms with Gasteiger partial charge in [0.2, 0.25) is 21.6 Å². The lowest BCUT2D eigenvalue weighted by Gasteiger charge is -2.36. The summed E-state index contributed by atoms with van der Waals surface area (Å²) in [7, 11) is -2.42. The summed E-state index contributed by atoms with van der Waals surface area (Å²) in [6, 6.07) is 10.7. The number of carbonyl (C=O) groups is 2. The van der Waals surface area contributed by atoms with E-state index >= 15 is 0 Å². The number of benzene rings is 2. The first-order valence-corrected chi connectivity index (χ1v) is 15.5. The van der Waals surface area contributed by atoms with Crippen molar-refractivity contribution in [2.75, 3.05) is 77.5 Å². The first kappa shape index (κ1) is 30.4. The van der Waals surface area contributed by atoms with Crippen LogP contribution in [0.2, 0.25) is 0 Å². The van der Waals surface area contributed by atoms with Crippen LogP contribution in [-0.4, -0.2) is 107 Å². The highest BCUT2D eigenvalue weighted by atomic mass is 32.2. The number of fused-ring (bicyclic) bond motifs is 1. The Labute approximate surface area is 249 Å². The third kappa shape index (κ3) is 6.34. The maximum absolute atomic E-state index is 13.1. The molecule has 1 aliphatic carbocycles. The molecule has 0 atom stereocenters. The Kier molecular flexibility index (Phi) is 9.25. The van der Waals surface area contributed by atoms with Crippen LogP contribution in [0.4, 0.5) is 11.4 Å². The number of azo groups is 1. The summed E-state index contributed by atoms with van der Waals surface area (Å²) in [5.41, 5.74) is 0.940. The van der Waals surface area contributed by atoms with E-state index in [1.165, 1.54) is 23.5 Å². The maximum Gasteiger partial charge on any atom is 0.293 e. The predicted molar refractivity (Wildman–Crippen MR) is 157 cm³/mol. The van der Waals surface area contributed by atoms with Gasteiger partial charge in [-0.05, 0) is 25.1 Å². The number of morpholine rings is 1. The minimum Gasteiger partial charge on any atom is -0.380 e. The van der Waals surface area contributed by atoms with E-state index in [1.54, 1.807) is 24.3 Å². The molecule has 1 N–H and O–H groups in total. The Morgan fingerprint density at radius 3 is 2.30 bits per heavy atom. The zero-order valence-corrected chi connectivity index (χ0v) is 24.6. The van der Waals surface area contributed by atoms with Crippen LogP contribution in [0.5, 0.6) is 0 Å². The minimum absolute atomic E-state index is 0.00479. The number of nitro groups is 1. The monoisotopic (exact) mass is 611 g/mol. The number of carbonyl (C=O) groups excluding carboxylic acids is 2. The number of piperazine rings is 1. The number of anilines is 1. The molecule has 5 rings (SSSR count). The van der Waals surface area contributed by atoms with Gasteiger partial charge in [0, 0.05) is 70.1 Å². The molecule has 0 amide bonds. The Balaban J connectivity index is 1.17. The molecule has 0 bridgehead atoms. The number of rotatable bonds is 10. The molecule has 15 heteroatoms. The molecule has 3 aliphatic rings. The van der Waals surface area contributed by atoms with Crippen molar-refractivity contribution in [1.29, 1.82) is 0 Å². The van der Waals surface area contributed by atoms with E-state index in [4.69, 9.17) is 4.74 Å². The smallest absolute Gasteiger partial charge is 0.293 e. The van der Waals surface area contributed by atoms with Crippen LogP contribution >= 0.6 is 0 Å². The number of hydrogen-bond acceptors (Lipinski definition) is 12. The van der Waals surface area contributed by atoms with Crippen molar-refractivity contribution in [1.82, 2.24) is 14.5 Å². The molecule has 0 unspecified atom stereocenters. The molecule has 43 heavy (non-hydrogen) atoms. The zero-order chi connectivity index (χ0) is 30.6. The summed E-state index contributed by atoms with van der Waals surface area (Å²) in [5, 5.41) is 22.7. The van der Waals surface area contributed by atoms with E-state index in [2.05, 4.69) is 20.4 Å². The van der Waals surface area contributed by atoms with Gasteiger partial charge >= 0.3 is 0 Å². The van der Waals surface area contributed by atoms with Crippen LogP contribution in [0.25, 0.3) is 0 Å². The van der Waals surface area contributed by atoms with Gasteiger partial charge in [0.1, 0.15) is 11.4 Å². The number of ketones is 2. The van der Waals surface area contributed by atoms with Gasteiger partial charge in [-0.25, -0.2) is 8.42 Å². The van der Waals surface area contributed by atoms with Gasteiger partial charge < -0.3 is 15.0 Å². The third-order valence-corrected chi connectivity index (χ3v) is 9.61. The number of allylic oxidation sites excluding steroid dienone is 2. The van der Waals surface area contributed by atoms with Crippen LogP contribution in [0.15, 0.2) is 69.0 Å². The second kappa shape index (κ2) is 13.1. The Bertz CT molecular complexity index is 1580. The average molecular weight is 612 g/mol. The Hall–Kier alpha value is -4.05. The van der Waals surface area contributed by atoms with Crippen molar-refractivity contribution in [3.8, 4) is 0 Å². The first-order chi connectivity index (χ1) is 20.7. The van der Waals surface area contributed by atoms with E-state index in [1.807, 2.05) is 4.90 Å². The van der Waals surface area contributed by atoms with Gasteiger partial charge in [0.15, 0.2) is 5.70 Å². The van der Waals surface area contributed by atoms with Crippen molar-refractivity contribution in [3.63, 3.8) is 0 Å². The summed E-state index contributed by atoms with van der Waals surface area (Å²) in [6.07, 6.45) is 0.678. The Morgan fingerprint density at radius 2 is 1.65 bits per heavy atom. The average Bonchev–Trinajstić information content (AvgIpc) is 3.03. The first-order valence-electron chi connectivity index (χ1n) is 14.0. The molecule has 2 aliphatic heterocycles. The number of sulfonamides is 1. The molecule has 2 saturated heterocycles. The number of nitro benzene ring substituents is 1. The fraction of sp³-hybridized carbons (Fsp3) is 0.429. The summed E-state index contributed by atoms with van der Waals surface area (Å²) in [6.45, 7) is 4.48. The maximum atomic E-state index is 13.1. The lowest BCUT2D eigenvalue weighted by molar-refractivity contribution is -0.384. The number of hydrogen-bond donors (Lipinski definition) is 1. The van der Waals surface area contributed by atoms with E-state index in [0.29, 0.717) is 62.5 Å². The van der Waals surface area contributed by atoms with E-state index < -0.39 is 14.9 Å². The van der Waals surface area contributed by atoms with Crippen molar-refractivity contribution < 1.29 is 27.7 Å². The van der Waals surface area contributed by atoms with E-state index in [-0.39, 0.29) is 59.8 Å². The highest BCUT2D eigenvalue weighted by molar-refractivity contribution is 7.89. The molecule has 2 fully saturated rings. The molecule has 228 valence electrons. The summed E-state index contributed by atoms with van der Waals surface area (Å²) < 4.78 is 32.6. The standard InChI is InChI=1S/C28H33N7O7S/c1-29-31-26-25(27(36)21-5-2-3-6-22(21)28(26)37)30-9-4-10-32-11-13-33(14-12-32)23-8-7-20(19-24(23)35(38)39)43(40,41)34-15-17-42-18-16-34/h2-3,5-8,19,30H,4,9-18H2,1H3/b31-29+. The third-order valence-electron chi connectivity index (χ3n) is 7.71. The number of nitrogens with zero attached hydrogens (tertiary/aromatic N) is 6. The second-order valence-electron chi connectivity index (χ2n) is 10.3. The van der Waals surface area contributed by atoms with Gasteiger partial charge in [-0.15, -0.1) is 5.11 Å². The van der Waals surface area contributed by atoms with Crippen LogP contribution in [-0.2, 0) is 14.8 Å². The van der Waals surface area contributed by atoms with Crippen molar-refractivity contribution in [2.24, 2.45) is 10.2 Å². The van der Waals surface area contributed by atoms with Gasteiger partial charge in [0.25, 0.3) is 5.69 Å². The largest absolute Gasteiger partial charge is 0.380 e. The molecule has 14 nitrogen and oxygen atoms in total. The Morgan fingerprint density at radius 1 is 0.977 bits per heavy atom. The molecular weight excluding hydrogens is 578 g/mol. The van der Waals surface area contributed by atoms with Crippen molar-refractivity contribution in [2.45, 2.75) is 11.3 Å². The lowest BCUT2D eigenvalue weighted by Crippen LogP contribution is -2.47. The lowest BCUT2D eigenvalue weighted by atomic mass is 9.90. The fourth-order valence-electron chi connectivity index (χ4n) is 5.46. The SMILES string of the molecule is C/N=N/C1=C(NCCCN2CCN(c3ccc(S(=O)(=O)N4CCOCC4)cc3[N+](=O)[O-])CC2)C(=O)c2ccccc2C1=O. The minimum atomic E-state index is -3.86. The molecule has 2 aromatic carbocycles. The van der Waals surface area contributed by atoms with Gasteiger partial charge in [0.05, 0.1) is 23.0 Å². The zero-order valence-electron chi connectivity index (χ0n) is 23.8. The van der Waals surface area contributed by atoms with Crippen LogP contribution in [0.1, 0.15) is 27.1 Å². The van der Waals surface area contributed by atoms with Crippen LogP contribution in [0.3, 0.4) is 0 Å². The second-order valence-corrected chi connectivity index (χ2v) is 12.2. The molecule has 0 spiro atoms.